The van der Waals surface area contributed by atoms with E-state index in [-0.39, 0.29) is 17.6 Å². The highest BCUT2D eigenvalue weighted by molar-refractivity contribution is 6.35. The molecule has 1 amide bonds. The first-order valence-electron chi connectivity index (χ1n) is 16.6. The zero-order valence-corrected chi connectivity index (χ0v) is 30.3. The first kappa shape index (κ1) is 33.6. The highest BCUT2D eigenvalue weighted by Crippen LogP contribution is 2.45. The van der Waals surface area contributed by atoms with Gasteiger partial charge in [-0.3, -0.25) is 9.48 Å². The van der Waals surface area contributed by atoms with Gasteiger partial charge in [0, 0.05) is 52.3 Å². The molecule has 7 rings (SSSR count). The van der Waals surface area contributed by atoms with Gasteiger partial charge in [-0.2, -0.15) is 5.10 Å². The summed E-state index contributed by atoms with van der Waals surface area (Å²) in [6.07, 6.45) is 1.19. The van der Waals surface area contributed by atoms with Crippen LogP contribution in [0.5, 0.6) is 5.75 Å². The van der Waals surface area contributed by atoms with Crippen LogP contribution in [0.1, 0.15) is 68.4 Å². The molecule has 0 aliphatic carbocycles. The Balaban J connectivity index is 1.39. The number of ether oxygens (including phenoxy) is 1. The summed E-state index contributed by atoms with van der Waals surface area (Å²) >= 11 is 13.4. The van der Waals surface area contributed by atoms with E-state index in [1.807, 2.05) is 81.9 Å². The predicted molar refractivity (Wildman–Crippen MR) is 198 cm³/mol. The number of anilines is 1. The Hall–Kier alpha value is -4.86. The van der Waals surface area contributed by atoms with Gasteiger partial charge in [-0.05, 0) is 94.5 Å². The molecule has 50 heavy (non-hydrogen) atoms. The van der Waals surface area contributed by atoms with Gasteiger partial charge in [0.05, 0.1) is 34.0 Å². The van der Waals surface area contributed by atoms with E-state index in [9.17, 15) is 14.7 Å². The van der Waals surface area contributed by atoms with Crippen LogP contribution >= 0.6 is 23.2 Å². The van der Waals surface area contributed by atoms with Crippen LogP contribution in [0.2, 0.25) is 10.0 Å². The Morgan fingerprint density at radius 2 is 1.72 bits per heavy atom. The number of halogens is 2. The molecule has 0 unspecified atom stereocenters. The van der Waals surface area contributed by atoms with Crippen LogP contribution in [-0.2, 0) is 13.5 Å². The Morgan fingerprint density at radius 3 is 2.40 bits per heavy atom. The van der Waals surface area contributed by atoms with E-state index < -0.39 is 5.97 Å². The minimum absolute atomic E-state index is 0.119. The van der Waals surface area contributed by atoms with E-state index in [1.165, 1.54) is 6.07 Å². The molecule has 0 spiro atoms. The third kappa shape index (κ3) is 5.49. The van der Waals surface area contributed by atoms with Crippen LogP contribution in [0.4, 0.5) is 5.69 Å². The highest BCUT2D eigenvalue weighted by Gasteiger charge is 2.37. The maximum Gasteiger partial charge on any atom is 0.354 e. The maximum atomic E-state index is 15.0. The Kier molecular flexibility index (Phi) is 8.60. The number of benzene rings is 3. The number of carboxylic acids is 1. The lowest BCUT2D eigenvalue weighted by atomic mass is 9.98. The number of fused-ring (bicyclic) bond motifs is 4. The Labute approximate surface area is 300 Å². The SMILES string of the molecule is Cc1cc(OCCCc2c3n(c4c(-c5c(C)nn(C)c5C)c(Cl)ccc24)[C@H](C)CN(c2cc(C(=O)O)nc4ccccc24)C3=O)cc(C)c1Cl. The minimum atomic E-state index is -1.16. The first-order chi connectivity index (χ1) is 23.9. The molecule has 11 heteroatoms. The second kappa shape index (κ2) is 12.8. The van der Waals surface area contributed by atoms with Crippen molar-refractivity contribution in [2.24, 2.45) is 7.05 Å². The van der Waals surface area contributed by atoms with Gasteiger partial charge in [-0.25, -0.2) is 9.78 Å². The molecule has 256 valence electrons. The molecule has 0 saturated carbocycles. The summed E-state index contributed by atoms with van der Waals surface area (Å²) < 4.78 is 10.2. The minimum Gasteiger partial charge on any atom is -0.494 e. The van der Waals surface area contributed by atoms with Crippen molar-refractivity contribution in [3.63, 3.8) is 0 Å². The lowest BCUT2D eigenvalue weighted by Crippen LogP contribution is -2.43. The van der Waals surface area contributed by atoms with E-state index in [1.54, 1.807) is 11.0 Å². The standard InChI is InChI=1S/C39H37Cl2N5O4/c1-20-16-25(17-21(2)35(20)41)50-15-9-11-26-27-13-14-29(40)34(33-23(4)43-44(6)24(33)5)36(27)46-22(3)19-45(38(47)37(26)46)32-18-31(39(48)49)42-30-12-8-7-10-28(30)32/h7-8,10,12-14,16-18,22H,9,11,15,19H2,1-6H3,(H,48,49)/t22-/m1/s1. The van der Waals surface area contributed by atoms with E-state index in [0.717, 1.165) is 60.9 Å². The molecular weight excluding hydrogens is 673 g/mol. The molecule has 0 fully saturated rings. The first-order valence-corrected chi connectivity index (χ1v) is 17.3. The normalized spacial score (nSPS) is 14.5. The van der Waals surface area contributed by atoms with Crippen molar-refractivity contribution < 1.29 is 19.4 Å². The lowest BCUT2D eigenvalue weighted by molar-refractivity contribution is 0.0690. The Bertz CT molecular complexity index is 2350. The zero-order valence-electron chi connectivity index (χ0n) is 28.8. The molecule has 4 heterocycles. The number of aromatic carboxylic acids is 1. The third-order valence-electron chi connectivity index (χ3n) is 9.77. The van der Waals surface area contributed by atoms with Crippen molar-refractivity contribution >= 4 is 62.6 Å². The van der Waals surface area contributed by atoms with Gasteiger partial charge in [0.15, 0.2) is 5.69 Å². The van der Waals surface area contributed by atoms with Crippen molar-refractivity contribution in [1.82, 2.24) is 19.3 Å². The number of hydrogen-bond donors (Lipinski definition) is 1. The summed E-state index contributed by atoms with van der Waals surface area (Å²) in [6.45, 7) is 10.7. The van der Waals surface area contributed by atoms with Crippen LogP contribution in [0, 0.1) is 27.7 Å². The van der Waals surface area contributed by atoms with E-state index >= 15 is 0 Å². The Morgan fingerprint density at radius 1 is 1.00 bits per heavy atom. The predicted octanol–water partition coefficient (Wildman–Crippen LogP) is 9.06. The number of carbonyl (C=O) groups is 2. The number of carbonyl (C=O) groups excluding carboxylic acids is 1. The number of pyridine rings is 1. The molecule has 0 bridgehead atoms. The second-order valence-corrected chi connectivity index (χ2v) is 13.9. The lowest BCUT2D eigenvalue weighted by Gasteiger charge is -2.35. The molecule has 1 aliphatic heterocycles. The van der Waals surface area contributed by atoms with E-state index in [4.69, 9.17) is 33.0 Å². The fourth-order valence-electron chi connectivity index (χ4n) is 7.43. The molecule has 0 saturated heterocycles. The third-order valence-corrected chi connectivity index (χ3v) is 10.7. The summed E-state index contributed by atoms with van der Waals surface area (Å²) in [5, 5.41) is 17.6. The molecule has 3 aromatic carbocycles. The van der Waals surface area contributed by atoms with Gasteiger partial charge >= 0.3 is 5.97 Å². The van der Waals surface area contributed by atoms with Gasteiger partial charge in [-0.15, -0.1) is 0 Å². The molecule has 3 aromatic heterocycles. The number of nitrogens with zero attached hydrogens (tertiary/aromatic N) is 5. The van der Waals surface area contributed by atoms with Crippen LogP contribution in [0.15, 0.2) is 54.6 Å². The van der Waals surface area contributed by atoms with Crippen molar-refractivity contribution in [3.8, 4) is 16.9 Å². The fourth-order valence-corrected chi connectivity index (χ4v) is 7.78. The van der Waals surface area contributed by atoms with Crippen molar-refractivity contribution in [3.05, 3.63) is 104 Å². The molecular formula is C39H37Cl2N5O4. The van der Waals surface area contributed by atoms with Crippen LogP contribution < -0.4 is 9.64 Å². The van der Waals surface area contributed by atoms with Crippen LogP contribution in [0.3, 0.4) is 0 Å². The summed E-state index contributed by atoms with van der Waals surface area (Å²) in [5.41, 5.74) is 8.75. The molecule has 0 radical (unpaired) electrons. The van der Waals surface area contributed by atoms with Crippen molar-refractivity contribution in [2.45, 2.75) is 53.5 Å². The number of para-hydroxylation sites is 1. The number of aromatic nitrogens is 4. The fraction of sp³-hybridized carbons (Fsp3) is 0.282. The zero-order chi connectivity index (χ0) is 35.6. The quantitative estimate of drug-likeness (QED) is 0.158. The van der Waals surface area contributed by atoms with E-state index in [2.05, 4.69) is 16.5 Å². The monoisotopic (exact) mass is 709 g/mol. The van der Waals surface area contributed by atoms with Crippen molar-refractivity contribution in [1.29, 1.82) is 0 Å². The van der Waals surface area contributed by atoms with Gasteiger partial charge in [0.25, 0.3) is 5.91 Å². The molecule has 1 atom stereocenters. The average Bonchev–Trinajstić information content (AvgIpc) is 3.55. The summed E-state index contributed by atoms with van der Waals surface area (Å²) in [4.78, 5) is 33.2. The number of aryl methyl sites for hydroxylation is 5. The summed E-state index contributed by atoms with van der Waals surface area (Å²) in [6, 6.07) is 16.4. The summed E-state index contributed by atoms with van der Waals surface area (Å²) in [7, 11) is 1.91. The van der Waals surface area contributed by atoms with Gasteiger partial charge < -0.3 is 19.3 Å². The van der Waals surface area contributed by atoms with Crippen LogP contribution in [-0.4, -0.2) is 49.5 Å². The molecule has 1 N–H and O–H groups in total. The van der Waals surface area contributed by atoms with Gasteiger partial charge in [0.1, 0.15) is 11.4 Å². The largest absolute Gasteiger partial charge is 0.494 e. The number of rotatable bonds is 8. The van der Waals surface area contributed by atoms with Crippen LogP contribution in [0.25, 0.3) is 32.9 Å². The smallest absolute Gasteiger partial charge is 0.354 e. The van der Waals surface area contributed by atoms with Gasteiger partial charge in [-0.1, -0.05) is 47.5 Å². The number of carboxylic acid groups (broad SMARTS) is 1. The molecule has 1 aliphatic rings. The second-order valence-electron chi connectivity index (χ2n) is 13.1. The van der Waals surface area contributed by atoms with E-state index in [0.29, 0.717) is 53.3 Å². The molecule has 6 aromatic rings. The van der Waals surface area contributed by atoms with Gasteiger partial charge in [0.2, 0.25) is 0 Å². The topological polar surface area (TPSA) is 102 Å². The average molecular weight is 711 g/mol. The molecule has 9 nitrogen and oxygen atoms in total. The number of hydrogen-bond acceptors (Lipinski definition) is 5. The number of amides is 1. The highest BCUT2D eigenvalue weighted by atomic mass is 35.5. The maximum absolute atomic E-state index is 15.0. The van der Waals surface area contributed by atoms with Crippen molar-refractivity contribution in [2.75, 3.05) is 18.1 Å². The summed E-state index contributed by atoms with van der Waals surface area (Å²) in [5.74, 6) is -0.620.